The van der Waals surface area contributed by atoms with E-state index in [1.807, 2.05) is 18.2 Å². The average Bonchev–Trinajstić information content (AvgIpc) is 2.27. The predicted octanol–water partition coefficient (Wildman–Crippen LogP) is 1.86. The van der Waals surface area contributed by atoms with E-state index in [-0.39, 0.29) is 0 Å². The van der Waals surface area contributed by atoms with Crippen LogP contribution in [0.1, 0.15) is 25.3 Å². The van der Waals surface area contributed by atoms with Gasteiger partial charge >= 0.3 is 6.09 Å². The second-order valence-electron chi connectivity index (χ2n) is 3.80. The van der Waals surface area contributed by atoms with Gasteiger partial charge in [-0.15, -0.1) is 0 Å². The molecule has 16 heavy (non-hydrogen) atoms. The van der Waals surface area contributed by atoms with Crippen molar-refractivity contribution in [1.29, 1.82) is 0 Å². The Bertz CT molecular complexity index is 351. The largest absolute Gasteiger partial charge is 0.412 e. The predicted molar refractivity (Wildman–Crippen MR) is 63.6 cm³/mol. The van der Waals surface area contributed by atoms with Crippen LogP contribution in [0.3, 0.4) is 0 Å². The Hall–Kier alpha value is -1.55. The van der Waals surface area contributed by atoms with Gasteiger partial charge in [-0.05, 0) is 17.5 Å². The topological polar surface area (TPSA) is 64.3 Å². The zero-order valence-corrected chi connectivity index (χ0v) is 9.69. The lowest BCUT2D eigenvalue weighted by Crippen LogP contribution is -2.31. The zero-order chi connectivity index (χ0) is 12.0. The van der Waals surface area contributed by atoms with E-state index in [9.17, 15) is 4.79 Å². The fourth-order valence-corrected chi connectivity index (χ4v) is 1.36. The molecule has 0 bridgehead atoms. The van der Waals surface area contributed by atoms with Crippen molar-refractivity contribution in [3.8, 4) is 5.75 Å². The third kappa shape index (κ3) is 3.55. The molecule has 1 amide bonds. The van der Waals surface area contributed by atoms with E-state index in [4.69, 9.17) is 10.5 Å². The molecule has 88 valence electrons. The summed E-state index contributed by atoms with van der Waals surface area (Å²) in [6.07, 6.45) is -0.460. The van der Waals surface area contributed by atoms with Gasteiger partial charge in [-0.1, -0.05) is 32.0 Å². The molecule has 0 spiro atoms. The molecular formula is C12H18N2O2. The first-order valence-electron chi connectivity index (χ1n) is 5.39. The molecule has 0 saturated heterocycles. The number of ether oxygens (including phenoxy) is 1. The number of carbonyl (C=O) groups is 1. The van der Waals surface area contributed by atoms with Gasteiger partial charge in [0.15, 0.2) is 0 Å². The number of rotatable bonds is 4. The molecule has 0 unspecified atom stereocenters. The summed E-state index contributed by atoms with van der Waals surface area (Å²) in [5, 5.41) is 2.56. The lowest BCUT2D eigenvalue weighted by Gasteiger charge is -2.12. The van der Waals surface area contributed by atoms with Crippen LogP contribution in [0.25, 0.3) is 0 Å². The maximum Gasteiger partial charge on any atom is 0.412 e. The SMILES string of the molecule is CC(C)c1ccccc1OC(=O)NCCN. The molecule has 0 radical (unpaired) electrons. The molecule has 0 aliphatic carbocycles. The first-order valence-corrected chi connectivity index (χ1v) is 5.39. The van der Waals surface area contributed by atoms with Crippen LogP contribution in [0.2, 0.25) is 0 Å². The number of nitrogens with two attached hydrogens (primary N) is 1. The Kier molecular flexibility index (Phi) is 4.79. The minimum Gasteiger partial charge on any atom is -0.410 e. The molecule has 4 nitrogen and oxygen atoms in total. The van der Waals surface area contributed by atoms with Crippen molar-refractivity contribution in [2.45, 2.75) is 19.8 Å². The summed E-state index contributed by atoms with van der Waals surface area (Å²) in [5.41, 5.74) is 6.30. The Morgan fingerprint density at radius 3 is 2.75 bits per heavy atom. The van der Waals surface area contributed by atoms with Crippen LogP contribution in [0.15, 0.2) is 24.3 Å². The summed E-state index contributed by atoms with van der Waals surface area (Å²) in [7, 11) is 0. The van der Waals surface area contributed by atoms with Crippen LogP contribution >= 0.6 is 0 Å². The van der Waals surface area contributed by atoms with E-state index in [0.29, 0.717) is 24.8 Å². The highest BCUT2D eigenvalue weighted by Gasteiger charge is 2.10. The standard InChI is InChI=1S/C12H18N2O2/c1-9(2)10-5-3-4-6-11(10)16-12(15)14-8-7-13/h3-6,9H,7-8,13H2,1-2H3,(H,14,15). The smallest absolute Gasteiger partial charge is 0.410 e. The van der Waals surface area contributed by atoms with Gasteiger partial charge in [0.05, 0.1) is 0 Å². The summed E-state index contributed by atoms with van der Waals surface area (Å²) in [6, 6.07) is 7.52. The minimum absolute atomic E-state index is 0.318. The molecule has 1 rings (SSSR count). The van der Waals surface area contributed by atoms with Gasteiger partial charge in [-0.2, -0.15) is 0 Å². The highest BCUT2D eigenvalue weighted by atomic mass is 16.6. The second-order valence-corrected chi connectivity index (χ2v) is 3.80. The van der Waals surface area contributed by atoms with E-state index < -0.39 is 6.09 Å². The van der Waals surface area contributed by atoms with Crippen molar-refractivity contribution in [3.05, 3.63) is 29.8 Å². The number of para-hydroxylation sites is 1. The van der Waals surface area contributed by atoms with Gasteiger partial charge in [-0.3, -0.25) is 0 Å². The number of carbonyl (C=O) groups excluding carboxylic acids is 1. The Morgan fingerprint density at radius 2 is 2.12 bits per heavy atom. The average molecular weight is 222 g/mol. The number of hydrogen-bond acceptors (Lipinski definition) is 3. The molecule has 0 heterocycles. The zero-order valence-electron chi connectivity index (χ0n) is 9.69. The maximum atomic E-state index is 11.4. The van der Waals surface area contributed by atoms with Gasteiger partial charge in [0.1, 0.15) is 5.75 Å². The molecule has 3 N–H and O–H groups in total. The van der Waals surface area contributed by atoms with Crippen molar-refractivity contribution in [2.75, 3.05) is 13.1 Å². The Morgan fingerprint density at radius 1 is 1.44 bits per heavy atom. The van der Waals surface area contributed by atoms with Crippen LogP contribution < -0.4 is 15.8 Å². The van der Waals surface area contributed by atoms with Gasteiger partial charge < -0.3 is 15.8 Å². The Labute approximate surface area is 95.8 Å². The van der Waals surface area contributed by atoms with Crippen LogP contribution in [0, 0.1) is 0 Å². The van der Waals surface area contributed by atoms with Crippen LogP contribution in [-0.4, -0.2) is 19.2 Å². The van der Waals surface area contributed by atoms with Crippen molar-refractivity contribution in [3.63, 3.8) is 0 Å². The van der Waals surface area contributed by atoms with Gasteiger partial charge in [0.2, 0.25) is 0 Å². The monoisotopic (exact) mass is 222 g/mol. The number of nitrogens with one attached hydrogen (secondary N) is 1. The van der Waals surface area contributed by atoms with Gasteiger partial charge in [0, 0.05) is 13.1 Å². The summed E-state index contributed by atoms with van der Waals surface area (Å²) in [6.45, 7) is 4.93. The molecule has 0 saturated carbocycles. The quantitative estimate of drug-likeness (QED) is 0.817. The summed E-state index contributed by atoms with van der Waals surface area (Å²) in [5.74, 6) is 0.922. The molecule has 0 atom stereocenters. The highest BCUT2D eigenvalue weighted by Crippen LogP contribution is 2.25. The normalized spacial score (nSPS) is 10.2. The fourth-order valence-electron chi connectivity index (χ4n) is 1.36. The van der Waals surface area contributed by atoms with Crippen LogP contribution in [0.5, 0.6) is 5.75 Å². The van der Waals surface area contributed by atoms with Crippen LogP contribution in [0.4, 0.5) is 4.79 Å². The molecule has 1 aromatic rings. The van der Waals surface area contributed by atoms with Crippen molar-refractivity contribution in [1.82, 2.24) is 5.32 Å². The maximum absolute atomic E-state index is 11.4. The summed E-state index contributed by atoms with van der Waals surface area (Å²) in [4.78, 5) is 11.4. The minimum atomic E-state index is -0.460. The van der Waals surface area contributed by atoms with Gasteiger partial charge in [-0.25, -0.2) is 4.79 Å². The van der Waals surface area contributed by atoms with E-state index in [1.54, 1.807) is 6.07 Å². The highest BCUT2D eigenvalue weighted by molar-refractivity contribution is 5.70. The number of hydrogen-bond donors (Lipinski definition) is 2. The molecule has 0 fully saturated rings. The third-order valence-electron chi connectivity index (χ3n) is 2.16. The Balaban J connectivity index is 2.69. The van der Waals surface area contributed by atoms with Gasteiger partial charge in [0.25, 0.3) is 0 Å². The van der Waals surface area contributed by atoms with E-state index in [2.05, 4.69) is 19.2 Å². The molecule has 1 aromatic carbocycles. The number of amides is 1. The first-order chi connectivity index (χ1) is 7.65. The van der Waals surface area contributed by atoms with Crippen molar-refractivity contribution < 1.29 is 9.53 Å². The van der Waals surface area contributed by atoms with E-state index in [1.165, 1.54) is 0 Å². The lowest BCUT2D eigenvalue weighted by molar-refractivity contribution is 0.200. The molecule has 0 aliphatic heterocycles. The van der Waals surface area contributed by atoms with E-state index >= 15 is 0 Å². The molecular weight excluding hydrogens is 204 g/mol. The summed E-state index contributed by atoms with van der Waals surface area (Å²) < 4.78 is 5.20. The number of benzene rings is 1. The van der Waals surface area contributed by atoms with E-state index in [0.717, 1.165) is 5.56 Å². The molecule has 0 aromatic heterocycles. The first kappa shape index (κ1) is 12.5. The lowest BCUT2D eigenvalue weighted by atomic mass is 10.0. The third-order valence-corrected chi connectivity index (χ3v) is 2.16. The summed E-state index contributed by atoms with van der Waals surface area (Å²) >= 11 is 0. The fraction of sp³-hybridized carbons (Fsp3) is 0.417. The molecule has 4 heteroatoms. The van der Waals surface area contributed by atoms with Crippen molar-refractivity contribution in [2.24, 2.45) is 5.73 Å². The van der Waals surface area contributed by atoms with Crippen molar-refractivity contribution >= 4 is 6.09 Å². The molecule has 0 aliphatic rings. The van der Waals surface area contributed by atoms with Crippen LogP contribution in [-0.2, 0) is 0 Å². The second kappa shape index (κ2) is 6.12.